The summed E-state index contributed by atoms with van der Waals surface area (Å²) >= 11 is 0. The molecule has 2 amide bonds. The molecular formula is C22H23N3O. The van der Waals surface area contributed by atoms with Gasteiger partial charge in [-0.05, 0) is 43.7 Å². The maximum Gasteiger partial charge on any atom is 0.322 e. The molecule has 132 valence electrons. The van der Waals surface area contributed by atoms with Crippen LogP contribution in [-0.4, -0.2) is 15.9 Å². The molecule has 4 heteroatoms. The van der Waals surface area contributed by atoms with Crippen molar-refractivity contribution >= 4 is 11.7 Å². The largest absolute Gasteiger partial charge is 0.322 e. The number of carbonyl (C=O) groups is 1. The van der Waals surface area contributed by atoms with Crippen LogP contribution in [0.25, 0.3) is 0 Å². The molecule has 1 heterocycles. The predicted molar refractivity (Wildman–Crippen MR) is 105 cm³/mol. The standard InChI is InChI=1S/C22H23N3O/c1-17-6-10-19(11-7-17)15-25(16-21-5-3-4-14-23-21)22(26)24-20-12-8-18(2)9-13-20/h3-14H,15-16H2,1-2H3,(H,24,26). The molecule has 3 aromatic rings. The lowest BCUT2D eigenvalue weighted by atomic mass is 10.1. The number of hydrogen-bond acceptors (Lipinski definition) is 2. The molecule has 3 rings (SSSR count). The van der Waals surface area contributed by atoms with Crippen LogP contribution in [0.2, 0.25) is 0 Å². The second-order valence-electron chi connectivity index (χ2n) is 6.46. The molecule has 4 nitrogen and oxygen atoms in total. The van der Waals surface area contributed by atoms with Crippen molar-refractivity contribution in [3.05, 3.63) is 95.3 Å². The topological polar surface area (TPSA) is 45.2 Å². The number of urea groups is 1. The Bertz CT molecular complexity index is 843. The normalized spacial score (nSPS) is 10.4. The molecule has 1 N–H and O–H groups in total. The number of rotatable bonds is 5. The van der Waals surface area contributed by atoms with Gasteiger partial charge in [0.25, 0.3) is 0 Å². The summed E-state index contributed by atoms with van der Waals surface area (Å²) < 4.78 is 0. The van der Waals surface area contributed by atoms with E-state index in [1.165, 1.54) is 5.56 Å². The molecule has 2 aromatic carbocycles. The lowest BCUT2D eigenvalue weighted by Crippen LogP contribution is -2.34. The minimum atomic E-state index is -0.139. The monoisotopic (exact) mass is 345 g/mol. The number of amides is 2. The van der Waals surface area contributed by atoms with Gasteiger partial charge in [-0.1, -0.05) is 53.6 Å². The molecule has 0 aliphatic heterocycles. The van der Waals surface area contributed by atoms with E-state index in [4.69, 9.17) is 0 Å². The highest BCUT2D eigenvalue weighted by molar-refractivity contribution is 5.89. The van der Waals surface area contributed by atoms with Crippen LogP contribution in [0.3, 0.4) is 0 Å². The third-order valence-electron chi connectivity index (χ3n) is 4.16. The molecule has 0 radical (unpaired) electrons. The van der Waals surface area contributed by atoms with Crippen molar-refractivity contribution in [3.8, 4) is 0 Å². The van der Waals surface area contributed by atoms with Crippen molar-refractivity contribution < 1.29 is 4.79 Å². The summed E-state index contributed by atoms with van der Waals surface area (Å²) in [5, 5.41) is 2.98. The van der Waals surface area contributed by atoms with Gasteiger partial charge in [0, 0.05) is 18.4 Å². The van der Waals surface area contributed by atoms with Crippen molar-refractivity contribution in [2.45, 2.75) is 26.9 Å². The number of benzene rings is 2. The third kappa shape index (κ3) is 4.93. The third-order valence-corrected chi connectivity index (χ3v) is 4.16. The van der Waals surface area contributed by atoms with E-state index in [0.29, 0.717) is 13.1 Å². The van der Waals surface area contributed by atoms with Gasteiger partial charge in [-0.3, -0.25) is 4.98 Å². The second kappa shape index (κ2) is 8.30. The number of nitrogens with zero attached hydrogens (tertiary/aromatic N) is 2. The smallest absolute Gasteiger partial charge is 0.314 e. The molecular weight excluding hydrogens is 322 g/mol. The molecule has 0 aliphatic rings. The van der Waals surface area contributed by atoms with Gasteiger partial charge in [-0.25, -0.2) is 4.79 Å². The zero-order chi connectivity index (χ0) is 18.4. The van der Waals surface area contributed by atoms with E-state index < -0.39 is 0 Å². The molecule has 0 fully saturated rings. The Balaban J connectivity index is 1.77. The molecule has 26 heavy (non-hydrogen) atoms. The number of nitrogens with one attached hydrogen (secondary N) is 1. The van der Waals surface area contributed by atoms with Crippen LogP contribution < -0.4 is 5.32 Å². The second-order valence-corrected chi connectivity index (χ2v) is 6.46. The first-order valence-corrected chi connectivity index (χ1v) is 8.68. The molecule has 0 bridgehead atoms. The maximum atomic E-state index is 12.9. The van der Waals surface area contributed by atoms with Crippen LogP contribution in [0.4, 0.5) is 10.5 Å². The van der Waals surface area contributed by atoms with Gasteiger partial charge >= 0.3 is 6.03 Å². The molecule has 0 saturated carbocycles. The Morgan fingerprint density at radius 3 is 2.15 bits per heavy atom. The average molecular weight is 345 g/mol. The van der Waals surface area contributed by atoms with Crippen LogP contribution in [0.1, 0.15) is 22.4 Å². The molecule has 0 aliphatic carbocycles. The Hall–Kier alpha value is -3.14. The number of aromatic nitrogens is 1. The number of carbonyl (C=O) groups excluding carboxylic acids is 1. The summed E-state index contributed by atoms with van der Waals surface area (Å²) in [5.41, 5.74) is 5.10. The van der Waals surface area contributed by atoms with E-state index in [1.54, 1.807) is 11.1 Å². The number of pyridine rings is 1. The summed E-state index contributed by atoms with van der Waals surface area (Å²) in [5.74, 6) is 0. The molecule has 0 spiro atoms. The van der Waals surface area contributed by atoms with Gasteiger partial charge in [0.05, 0.1) is 12.2 Å². The van der Waals surface area contributed by atoms with Crippen LogP contribution in [0.5, 0.6) is 0 Å². The van der Waals surface area contributed by atoms with E-state index >= 15 is 0 Å². The molecule has 0 atom stereocenters. The zero-order valence-corrected chi connectivity index (χ0v) is 15.1. The summed E-state index contributed by atoms with van der Waals surface area (Å²) in [4.78, 5) is 19.0. The van der Waals surface area contributed by atoms with Crippen LogP contribution in [0, 0.1) is 13.8 Å². The first kappa shape index (κ1) is 17.7. The van der Waals surface area contributed by atoms with Crippen molar-refractivity contribution in [1.29, 1.82) is 0 Å². The summed E-state index contributed by atoms with van der Waals surface area (Å²) in [6, 6.07) is 21.6. The van der Waals surface area contributed by atoms with Crippen LogP contribution in [0.15, 0.2) is 72.9 Å². The Labute approximate surface area is 154 Å². The first-order valence-electron chi connectivity index (χ1n) is 8.68. The minimum absolute atomic E-state index is 0.139. The molecule has 1 aromatic heterocycles. The van der Waals surface area contributed by atoms with E-state index in [2.05, 4.69) is 41.5 Å². The van der Waals surface area contributed by atoms with E-state index in [-0.39, 0.29) is 6.03 Å². The molecule has 0 unspecified atom stereocenters. The van der Waals surface area contributed by atoms with Gasteiger partial charge in [0.15, 0.2) is 0 Å². The highest BCUT2D eigenvalue weighted by Gasteiger charge is 2.15. The average Bonchev–Trinajstić information content (AvgIpc) is 2.65. The first-order chi connectivity index (χ1) is 12.6. The maximum absolute atomic E-state index is 12.9. The predicted octanol–water partition coefficient (Wildman–Crippen LogP) is 4.93. The quantitative estimate of drug-likeness (QED) is 0.712. The van der Waals surface area contributed by atoms with Crippen LogP contribution >= 0.6 is 0 Å². The number of aryl methyl sites for hydroxylation is 2. The highest BCUT2D eigenvalue weighted by atomic mass is 16.2. The lowest BCUT2D eigenvalue weighted by molar-refractivity contribution is 0.205. The fourth-order valence-corrected chi connectivity index (χ4v) is 2.64. The van der Waals surface area contributed by atoms with Gasteiger partial charge in [0.1, 0.15) is 0 Å². The van der Waals surface area contributed by atoms with Crippen molar-refractivity contribution in [1.82, 2.24) is 9.88 Å². The zero-order valence-electron chi connectivity index (χ0n) is 15.1. The SMILES string of the molecule is Cc1ccc(CN(Cc2ccccn2)C(=O)Nc2ccc(C)cc2)cc1. The van der Waals surface area contributed by atoms with E-state index in [0.717, 1.165) is 22.5 Å². The van der Waals surface area contributed by atoms with Gasteiger partial charge in [0.2, 0.25) is 0 Å². The number of hydrogen-bond donors (Lipinski definition) is 1. The Morgan fingerprint density at radius 1 is 0.885 bits per heavy atom. The van der Waals surface area contributed by atoms with E-state index in [1.807, 2.05) is 49.4 Å². The fourth-order valence-electron chi connectivity index (χ4n) is 2.64. The minimum Gasteiger partial charge on any atom is -0.314 e. The Kier molecular flexibility index (Phi) is 5.64. The Morgan fingerprint density at radius 2 is 1.54 bits per heavy atom. The number of anilines is 1. The summed E-state index contributed by atoms with van der Waals surface area (Å²) in [6.45, 7) is 5.05. The van der Waals surface area contributed by atoms with Crippen molar-refractivity contribution in [3.63, 3.8) is 0 Å². The van der Waals surface area contributed by atoms with Gasteiger partial charge in [-0.2, -0.15) is 0 Å². The lowest BCUT2D eigenvalue weighted by Gasteiger charge is -2.23. The highest BCUT2D eigenvalue weighted by Crippen LogP contribution is 2.14. The van der Waals surface area contributed by atoms with Crippen molar-refractivity contribution in [2.24, 2.45) is 0 Å². The molecule has 0 saturated heterocycles. The summed E-state index contributed by atoms with van der Waals surface area (Å²) in [7, 11) is 0. The summed E-state index contributed by atoms with van der Waals surface area (Å²) in [6.07, 6.45) is 1.75. The van der Waals surface area contributed by atoms with E-state index in [9.17, 15) is 4.79 Å². The fraction of sp³-hybridized carbons (Fsp3) is 0.182. The van der Waals surface area contributed by atoms with Gasteiger partial charge in [-0.15, -0.1) is 0 Å². The van der Waals surface area contributed by atoms with Crippen molar-refractivity contribution in [2.75, 3.05) is 5.32 Å². The van der Waals surface area contributed by atoms with Crippen LogP contribution in [-0.2, 0) is 13.1 Å². The van der Waals surface area contributed by atoms with Gasteiger partial charge < -0.3 is 10.2 Å².